The smallest absolute Gasteiger partial charge is 0.147 e. The standard InChI is InChI=1S/C12H8Br.Li/c13-12-9-5-4-8-11(12)10-6-2-1-3-7-10;/h1-6,8-9H;/q-1;+1. The van der Waals surface area contributed by atoms with Gasteiger partial charge in [0.15, 0.2) is 0 Å². The first kappa shape index (κ1) is 11.6. The number of benzene rings is 2. The minimum atomic E-state index is 0. The zero-order valence-electron chi connectivity index (χ0n) is 8.00. The molecule has 0 N–H and O–H groups in total. The predicted octanol–water partition coefficient (Wildman–Crippen LogP) is 0.920. The number of halogens is 1. The van der Waals surface area contributed by atoms with Gasteiger partial charge in [-0.05, 0) is 4.47 Å². The van der Waals surface area contributed by atoms with Crippen LogP contribution in [0.15, 0.2) is 53.0 Å². The van der Waals surface area contributed by atoms with Gasteiger partial charge in [-0.1, -0.05) is 45.8 Å². The molecule has 0 spiro atoms. The van der Waals surface area contributed by atoms with Crippen molar-refractivity contribution in [1.82, 2.24) is 0 Å². The van der Waals surface area contributed by atoms with Gasteiger partial charge in [0.05, 0.1) is 0 Å². The van der Waals surface area contributed by atoms with Crippen LogP contribution in [-0.4, -0.2) is 0 Å². The van der Waals surface area contributed by atoms with Crippen LogP contribution in [0.3, 0.4) is 0 Å². The fourth-order valence-corrected chi connectivity index (χ4v) is 1.74. The van der Waals surface area contributed by atoms with Crippen LogP contribution < -0.4 is 18.9 Å². The Bertz CT molecular complexity index is 398. The molecule has 2 rings (SSSR count). The molecule has 0 amide bonds. The van der Waals surface area contributed by atoms with E-state index in [4.69, 9.17) is 0 Å². The molecule has 0 nitrogen and oxygen atoms in total. The third-order valence-corrected chi connectivity index (χ3v) is 2.56. The molecular weight excluding hydrogens is 231 g/mol. The molecule has 2 aromatic rings. The second-order valence-corrected chi connectivity index (χ2v) is 3.61. The summed E-state index contributed by atoms with van der Waals surface area (Å²) in [6.07, 6.45) is 0. The van der Waals surface area contributed by atoms with Crippen LogP contribution in [0.4, 0.5) is 0 Å². The van der Waals surface area contributed by atoms with E-state index >= 15 is 0 Å². The molecule has 2 heteroatoms. The van der Waals surface area contributed by atoms with Gasteiger partial charge in [0.2, 0.25) is 0 Å². The molecule has 0 aliphatic heterocycles. The predicted molar refractivity (Wildman–Crippen MR) is 58.4 cm³/mol. The molecule has 64 valence electrons. The molecule has 0 heterocycles. The van der Waals surface area contributed by atoms with Gasteiger partial charge in [0.25, 0.3) is 0 Å². The van der Waals surface area contributed by atoms with Gasteiger partial charge in [0.1, 0.15) is 0 Å². The summed E-state index contributed by atoms with van der Waals surface area (Å²) in [6, 6.07) is 19.3. The molecular formula is C12H8BrLi. The van der Waals surface area contributed by atoms with E-state index in [-0.39, 0.29) is 18.9 Å². The van der Waals surface area contributed by atoms with Crippen molar-refractivity contribution in [2.75, 3.05) is 0 Å². The Balaban J connectivity index is 0.000000980. The molecule has 0 aliphatic rings. The maximum Gasteiger partial charge on any atom is 1.00 e. The summed E-state index contributed by atoms with van der Waals surface area (Å²) in [5.74, 6) is 0. The van der Waals surface area contributed by atoms with Crippen molar-refractivity contribution in [3.8, 4) is 11.1 Å². The van der Waals surface area contributed by atoms with Crippen molar-refractivity contribution in [1.29, 1.82) is 0 Å². The minimum Gasteiger partial charge on any atom is -0.147 e. The van der Waals surface area contributed by atoms with E-state index in [1.807, 2.05) is 36.4 Å². The van der Waals surface area contributed by atoms with Crippen molar-refractivity contribution in [3.63, 3.8) is 0 Å². The molecule has 0 saturated heterocycles. The Morgan fingerprint density at radius 1 is 0.929 bits per heavy atom. The van der Waals surface area contributed by atoms with Crippen molar-refractivity contribution in [2.45, 2.75) is 0 Å². The van der Waals surface area contributed by atoms with Crippen molar-refractivity contribution in [2.24, 2.45) is 0 Å². The van der Waals surface area contributed by atoms with Crippen molar-refractivity contribution >= 4 is 15.9 Å². The van der Waals surface area contributed by atoms with E-state index in [2.05, 4.69) is 34.1 Å². The van der Waals surface area contributed by atoms with E-state index in [1.165, 1.54) is 5.56 Å². The van der Waals surface area contributed by atoms with Crippen LogP contribution in [0, 0.1) is 6.07 Å². The normalized spacial score (nSPS) is 9.21. The Morgan fingerprint density at radius 2 is 1.64 bits per heavy atom. The van der Waals surface area contributed by atoms with E-state index in [1.54, 1.807) is 0 Å². The SMILES string of the molecule is Brc1ccccc1-c1[c-]cccc1.[Li+]. The third-order valence-electron chi connectivity index (χ3n) is 1.87. The molecule has 0 saturated carbocycles. The summed E-state index contributed by atoms with van der Waals surface area (Å²) in [6.45, 7) is 0. The average molecular weight is 239 g/mol. The molecule has 2 aromatic carbocycles. The van der Waals surface area contributed by atoms with Gasteiger partial charge in [-0.15, -0.1) is 35.9 Å². The van der Waals surface area contributed by atoms with Crippen molar-refractivity contribution < 1.29 is 18.9 Å². The van der Waals surface area contributed by atoms with E-state index < -0.39 is 0 Å². The van der Waals surface area contributed by atoms with Crippen LogP contribution in [-0.2, 0) is 0 Å². The van der Waals surface area contributed by atoms with Crippen molar-refractivity contribution in [3.05, 3.63) is 59.1 Å². The Hall–Kier alpha value is -0.483. The number of rotatable bonds is 1. The van der Waals surface area contributed by atoms with Gasteiger partial charge < -0.3 is 0 Å². The monoisotopic (exact) mass is 238 g/mol. The van der Waals surface area contributed by atoms with E-state index in [0.29, 0.717) is 0 Å². The van der Waals surface area contributed by atoms with Crippen LogP contribution >= 0.6 is 15.9 Å². The maximum atomic E-state index is 3.51. The average Bonchev–Trinajstić information content (AvgIpc) is 2.20. The fraction of sp³-hybridized carbons (Fsp3) is 0. The zero-order valence-corrected chi connectivity index (χ0v) is 9.58. The Labute approximate surface area is 105 Å². The molecule has 0 aliphatic carbocycles. The number of hydrogen-bond acceptors (Lipinski definition) is 0. The van der Waals surface area contributed by atoms with Gasteiger partial charge in [0, 0.05) is 0 Å². The van der Waals surface area contributed by atoms with Gasteiger partial charge in [-0.3, -0.25) is 0 Å². The first-order valence-corrected chi connectivity index (χ1v) is 4.89. The number of hydrogen-bond donors (Lipinski definition) is 0. The van der Waals surface area contributed by atoms with E-state index in [0.717, 1.165) is 10.0 Å². The quantitative estimate of drug-likeness (QED) is 0.512. The first-order chi connectivity index (χ1) is 6.38. The molecule has 0 bridgehead atoms. The topological polar surface area (TPSA) is 0 Å². The van der Waals surface area contributed by atoms with Crippen LogP contribution in [0.25, 0.3) is 11.1 Å². The first-order valence-electron chi connectivity index (χ1n) is 4.09. The Morgan fingerprint density at radius 3 is 2.29 bits per heavy atom. The zero-order chi connectivity index (χ0) is 9.10. The van der Waals surface area contributed by atoms with Gasteiger partial charge >= 0.3 is 18.9 Å². The van der Waals surface area contributed by atoms with Gasteiger partial charge in [-0.25, -0.2) is 0 Å². The molecule has 0 aromatic heterocycles. The second-order valence-electron chi connectivity index (χ2n) is 2.76. The molecule has 0 fully saturated rings. The largest absolute Gasteiger partial charge is 1.00 e. The van der Waals surface area contributed by atoms with Gasteiger partial charge in [-0.2, -0.15) is 0 Å². The Kier molecular flexibility index (Phi) is 4.48. The summed E-state index contributed by atoms with van der Waals surface area (Å²) in [5.41, 5.74) is 2.30. The van der Waals surface area contributed by atoms with Crippen LogP contribution in [0.5, 0.6) is 0 Å². The summed E-state index contributed by atoms with van der Waals surface area (Å²) in [4.78, 5) is 0. The maximum absolute atomic E-state index is 3.51. The minimum absolute atomic E-state index is 0. The molecule has 14 heavy (non-hydrogen) atoms. The molecule has 0 radical (unpaired) electrons. The molecule has 0 atom stereocenters. The second kappa shape index (κ2) is 5.41. The summed E-state index contributed by atoms with van der Waals surface area (Å²) < 4.78 is 1.11. The molecule has 0 unspecified atom stereocenters. The third kappa shape index (κ3) is 2.51. The van der Waals surface area contributed by atoms with Crippen LogP contribution in [0.1, 0.15) is 0 Å². The summed E-state index contributed by atoms with van der Waals surface area (Å²) in [7, 11) is 0. The van der Waals surface area contributed by atoms with Crippen LogP contribution in [0.2, 0.25) is 0 Å². The van der Waals surface area contributed by atoms with E-state index in [9.17, 15) is 0 Å². The summed E-state index contributed by atoms with van der Waals surface area (Å²) in [5, 5.41) is 0. The fourth-order valence-electron chi connectivity index (χ4n) is 1.24. The summed E-state index contributed by atoms with van der Waals surface area (Å²) >= 11 is 3.51.